The van der Waals surface area contributed by atoms with Gasteiger partial charge in [-0.2, -0.15) is 0 Å². The molecule has 2 saturated heterocycles. The Hall–Kier alpha value is 0.130. The van der Waals surface area contributed by atoms with E-state index in [0.717, 1.165) is 38.0 Å². The smallest absolute Gasteiger partial charge is 0.219 e. The predicted molar refractivity (Wildman–Crippen MR) is 94.7 cm³/mol. The molecule has 0 bridgehead atoms. The van der Waals surface area contributed by atoms with Gasteiger partial charge < -0.3 is 4.90 Å². The Morgan fingerprint density at radius 1 is 1.19 bits per heavy atom. The highest BCUT2D eigenvalue weighted by molar-refractivity contribution is 8.77. The van der Waals surface area contributed by atoms with Crippen molar-refractivity contribution in [3.63, 3.8) is 0 Å². The maximum absolute atomic E-state index is 11.4. The Bertz CT molecular complexity index is 354. The number of hydrogen-bond donors (Lipinski definition) is 0. The largest absolute Gasteiger partial charge is 0.340 e. The van der Waals surface area contributed by atoms with Crippen molar-refractivity contribution in [3.8, 4) is 0 Å². The zero-order valence-corrected chi connectivity index (χ0v) is 15.6. The van der Waals surface area contributed by atoms with Crippen LogP contribution in [0.3, 0.4) is 0 Å². The molecule has 0 aromatic rings. The van der Waals surface area contributed by atoms with Crippen molar-refractivity contribution in [2.24, 2.45) is 11.8 Å². The molecule has 122 valence electrons. The molecule has 1 amide bonds. The zero-order chi connectivity index (χ0) is 15.5. The van der Waals surface area contributed by atoms with E-state index in [1.54, 1.807) is 6.92 Å². The Labute approximate surface area is 138 Å². The fourth-order valence-corrected chi connectivity index (χ4v) is 6.47. The van der Waals surface area contributed by atoms with Crippen LogP contribution >= 0.6 is 21.6 Å². The van der Waals surface area contributed by atoms with Crippen LogP contribution in [-0.2, 0) is 4.79 Å². The molecule has 21 heavy (non-hydrogen) atoms. The van der Waals surface area contributed by atoms with E-state index in [4.69, 9.17) is 0 Å². The normalized spacial score (nSPS) is 31.5. The molecule has 0 N–H and O–H groups in total. The van der Waals surface area contributed by atoms with Crippen molar-refractivity contribution in [2.45, 2.75) is 45.3 Å². The Morgan fingerprint density at radius 3 is 2.48 bits per heavy atom. The van der Waals surface area contributed by atoms with Crippen LogP contribution in [0.5, 0.6) is 0 Å². The van der Waals surface area contributed by atoms with E-state index in [2.05, 4.69) is 47.3 Å². The lowest BCUT2D eigenvalue weighted by Crippen LogP contribution is -2.50. The standard InChI is InChI=1S/C16H30N2OS2/c1-13-5-6-15(16(3,4)21-20-12-13)11-17-7-9-18(10-8-17)14(2)19/h13,15H,5-12H2,1-4H3/t13?,15-/m1/s1. The van der Waals surface area contributed by atoms with Crippen LogP contribution in [0.25, 0.3) is 0 Å². The quantitative estimate of drug-likeness (QED) is 0.725. The third-order valence-electron chi connectivity index (χ3n) is 4.91. The topological polar surface area (TPSA) is 23.6 Å². The van der Waals surface area contributed by atoms with Gasteiger partial charge in [-0.15, -0.1) is 0 Å². The molecule has 1 unspecified atom stereocenters. The molecule has 0 radical (unpaired) electrons. The summed E-state index contributed by atoms with van der Waals surface area (Å²) in [5, 5.41) is 0. The van der Waals surface area contributed by atoms with E-state index in [1.807, 2.05) is 4.90 Å². The van der Waals surface area contributed by atoms with Crippen molar-refractivity contribution >= 4 is 27.5 Å². The molecular formula is C16H30N2OS2. The fourth-order valence-electron chi connectivity index (χ4n) is 3.15. The lowest BCUT2D eigenvalue weighted by Gasteiger charge is -2.41. The van der Waals surface area contributed by atoms with E-state index in [1.165, 1.54) is 25.1 Å². The third-order valence-corrected chi connectivity index (χ3v) is 8.55. The molecule has 2 rings (SSSR count). The molecule has 0 aliphatic carbocycles. The summed E-state index contributed by atoms with van der Waals surface area (Å²) in [7, 11) is 4.15. The number of rotatable bonds is 2. The summed E-state index contributed by atoms with van der Waals surface area (Å²) in [6.07, 6.45) is 2.70. The maximum Gasteiger partial charge on any atom is 0.219 e. The number of carbonyl (C=O) groups excluding carboxylic acids is 1. The van der Waals surface area contributed by atoms with Crippen LogP contribution < -0.4 is 0 Å². The second kappa shape index (κ2) is 7.60. The molecule has 0 aromatic carbocycles. The van der Waals surface area contributed by atoms with Crippen LogP contribution in [0.4, 0.5) is 0 Å². The van der Waals surface area contributed by atoms with Crippen LogP contribution in [0, 0.1) is 11.8 Å². The highest BCUT2D eigenvalue weighted by atomic mass is 33.1. The lowest BCUT2D eigenvalue weighted by molar-refractivity contribution is -0.130. The summed E-state index contributed by atoms with van der Waals surface area (Å²) in [6, 6.07) is 0. The fraction of sp³-hybridized carbons (Fsp3) is 0.938. The van der Waals surface area contributed by atoms with Gasteiger partial charge in [-0.1, -0.05) is 28.5 Å². The van der Waals surface area contributed by atoms with Gasteiger partial charge in [0.05, 0.1) is 0 Å². The van der Waals surface area contributed by atoms with Crippen LogP contribution in [0.2, 0.25) is 0 Å². The average Bonchev–Trinajstić information content (AvgIpc) is 2.42. The summed E-state index contributed by atoms with van der Waals surface area (Å²) in [4.78, 5) is 16.0. The summed E-state index contributed by atoms with van der Waals surface area (Å²) in [5.74, 6) is 3.11. The van der Waals surface area contributed by atoms with Gasteiger partial charge in [-0.05, 0) is 38.5 Å². The molecule has 3 nitrogen and oxygen atoms in total. The monoisotopic (exact) mass is 330 g/mol. The predicted octanol–water partition coefficient (Wildman–Crippen LogP) is 3.36. The molecule has 2 atom stereocenters. The first-order valence-corrected chi connectivity index (χ1v) is 10.5. The zero-order valence-electron chi connectivity index (χ0n) is 13.9. The number of piperazine rings is 1. The summed E-state index contributed by atoms with van der Waals surface area (Å²) >= 11 is 0. The molecule has 0 aromatic heterocycles. The summed E-state index contributed by atoms with van der Waals surface area (Å²) < 4.78 is 0.350. The van der Waals surface area contributed by atoms with Gasteiger partial charge in [0.25, 0.3) is 0 Å². The SMILES string of the molecule is CC(=O)N1CCN(C[C@H]2CCC(C)CSSC2(C)C)CC1. The van der Waals surface area contributed by atoms with E-state index >= 15 is 0 Å². The minimum absolute atomic E-state index is 0.224. The number of hydrogen-bond acceptors (Lipinski definition) is 4. The van der Waals surface area contributed by atoms with Gasteiger partial charge in [0.15, 0.2) is 0 Å². The lowest BCUT2D eigenvalue weighted by atomic mass is 9.87. The van der Waals surface area contributed by atoms with Crippen LogP contribution in [0.15, 0.2) is 0 Å². The van der Waals surface area contributed by atoms with Gasteiger partial charge in [-0.3, -0.25) is 9.69 Å². The average molecular weight is 331 g/mol. The molecule has 5 heteroatoms. The highest BCUT2D eigenvalue weighted by Crippen LogP contribution is 2.46. The second-order valence-electron chi connectivity index (χ2n) is 7.16. The Morgan fingerprint density at radius 2 is 1.86 bits per heavy atom. The number of nitrogens with zero attached hydrogens (tertiary/aromatic N) is 2. The molecule has 2 heterocycles. The molecule has 2 fully saturated rings. The first-order chi connectivity index (χ1) is 9.88. The molecule has 2 aliphatic rings. The van der Waals surface area contributed by atoms with Crippen molar-refractivity contribution in [1.29, 1.82) is 0 Å². The van der Waals surface area contributed by atoms with Gasteiger partial charge in [0, 0.05) is 50.1 Å². The van der Waals surface area contributed by atoms with Gasteiger partial charge in [-0.25, -0.2) is 0 Å². The minimum atomic E-state index is 0.224. The van der Waals surface area contributed by atoms with E-state index < -0.39 is 0 Å². The highest BCUT2D eigenvalue weighted by Gasteiger charge is 2.34. The van der Waals surface area contributed by atoms with Crippen LogP contribution in [-0.4, -0.2) is 58.9 Å². The molecule has 0 saturated carbocycles. The first-order valence-electron chi connectivity index (χ1n) is 8.17. The van der Waals surface area contributed by atoms with Gasteiger partial charge in [0.1, 0.15) is 0 Å². The Balaban J connectivity index is 1.89. The van der Waals surface area contributed by atoms with E-state index in [0.29, 0.717) is 4.75 Å². The van der Waals surface area contributed by atoms with Crippen LogP contribution in [0.1, 0.15) is 40.5 Å². The maximum atomic E-state index is 11.4. The summed E-state index contributed by atoms with van der Waals surface area (Å²) in [5.41, 5.74) is 0. The third kappa shape index (κ3) is 5.07. The van der Waals surface area contributed by atoms with Crippen molar-refractivity contribution in [2.75, 3.05) is 38.5 Å². The first kappa shape index (κ1) is 17.5. The van der Waals surface area contributed by atoms with Crippen molar-refractivity contribution < 1.29 is 4.79 Å². The summed E-state index contributed by atoms with van der Waals surface area (Å²) in [6.45, 7) is 14.0. The number of carbonyl (C=O) groups is 1. The molecular weight excluding hydrogens is 300 g/mol. The molecule has 2 aliphatic heterocycles. The minimum Gasteiger partial charge on any atom is -0.340 e. The van der Waals surface area contributed by atoms with Crippen molar-refractivity contribution in [1.82, 2.24) is 9.80 Å². The van der Waals surface area contributed by atoms with Gasteiger partial charge >= 0.3 is 0 Å². The Kier molecular flexibility index (Phi) is 6.33. The van der Waals surface area contributed by atoms with E-state index in [-0.39, 0.29) is 5.91 Å². The van der Waals surface area contributed by atoms with Crippen molar-refractivity contribution in [3.05, 3.63) is 0 Å². The second-order valence-corrected chi connectivity index (χ2v) is 10.2. The van der Waals surface area contributed by atoms with E-state index in [9.17, 15) is 4.79 Å². The number of amides is 1. The van der Waals surface area contributed by atoms with Gasteiger partial charge in [0.2, 0.25) is 5.91 Å². The molecule has 0 spiro atoms.